The van der Waals surface area contributed by atoms with Crippen LogP contribution < -0.4 is 9.46 Å². The molecule has 1 saturated heterocycles. The van der Waals surface area contributed by atoms with E-state index < -0.39 is 11.8 Å². The monoisotopic (exact) mass is 606 g/mol. The Morgan fingerprint density at radius 3 is 2.58 bits per heavy atom. The second-order valence-electron chi connectivity index (χ2n) is 13.3. The zero-order chi connectivity index (χ0) is 31.4. The minimum Gasteiger partial charge on any atom is -0.496 e. The summed E-state index contributed by atoms with van der Waals surface area (Å²) in [6, 6.07) is 7.74. The topological polar surface area (TPSA) is 102 Å². The Morgan fingerprint density at radius 2 is 1.93 bits per heavy atom. The lowest BCUT2D eigenvalue weighted by molar-refractivity contribution is -0.153. The maximum Gasteiger partial charge on any atom is 0.324 e. The number of piperidine rings is 1. The van der Waals surface area contributed by atoms with Crippen molar-refractivity contribution in [3.8, 4) is 17.0 Å². The smallest absolute Gasteiger partial charge is 0.324 e. The number of fused-ring (bicyclic) bond motifs is 1. The number of pyridine rings is 1. The van der Waals surface area contributed by atoms with Crippen molar-refractivity contribution in [3.05, 3.63) is 58.0 Å². The van der Waals surface area contributed by atoms with E-state index in [1.165, 1.54) is 11.9 Å². The Kier molecular flexibility index (Phi) is 8.42. The molecule has 3 aliphatic rings. The number of aryl methyl sites for hydroxylation is 1. The number of carbonyl (C=O) groups is 2. The van der Waals surface area contributed by atoms with Crippen LogP contribution in [0.5, 0.6) is 5.75 Å². The minimum absolute atomic E-state index is 0.0143. The lowest BCUT2D eigenvalue weighted by Gasteiger charge is -2.50. The summed E-state index contributed by atoms with van der Waals surface area (Å²) in [4.78, 5) is 45.4. The standard InChI is InChI=1S/C34H43N3O5S/c1-17(2)22-14-25-29(33(40)37(22)7)30(28-23(38)15-34(5,6)16-26(28)42-25)27-19(4)20(11-13-24(27)41-8)21-12-10-18(3)31(35-21)32(39)36-43-9/h10-13,17,22,25,29-30H,14-16H2,1-9H3,(H,36,39)/p+1/t22-,25-,29-,30-/m0/s1. The van der Waals surface area contributed by atoms with E-state index in [-0.39, 0.29) is 41.1 Å². The zero-order valence-electron chi connectivity index (χ0n) is 26.7. The second kappa shape index (κ2) is 11.6. The van der Waals surface area contributed by atoms with E-state index in [9.17, 15) is 14.4 Å². The van der Waals surface area contributed by atoms with Crippen molar-refractivity contribution >= 4 is 29.5 Å². The molecule has 43 heavy (non-hydrogen) atoms. The number of nitrogens with one attached hydrogen (secondary N) is 1. The maximum absolute atomic E-state index is 14.3. The van der Waals surface area contributed by atoms with Crippen LogP contribution in [-0.2, 0) is 9.53 Å². The Bertz CT molecular complexity index is 1510. The van der Waals surface area contributed by atoms with Crippen molar-refractivity contribution in [2.24, 2.45) is 17.3 Å². The van der Waals surface area contributed by atoms with Crippen LogP contribution in [0.2, 0.25) is 0 Å². The fourth-order valence-corrected chi connectivity index (χ4v) is 7.62. The van der Waals surface area contributed by atoms with Crippen LogP contribution in [0.25, 0.3) is 11.3 Å². The minimum atomic E-state index is -0.529. The number of likely N-dealkylation sites (tertiary alicyclic amines) is 1. The van der Waals surface area contributed by atoms with Gasteiger partial charge in [0.1, 0.15) is 23.3 Å². The summed E-state index contributed by atoms with van der Waals surface area (Å²) in [6.07, 6.45) is 3.36. The van der Waals surface area contributed by atoms with Crippen molar-refractivity contribution in [2.45, 2.75) is 78.9 Å². The van der Waals surface area contributed by atoms with Gasteiger partial charge in [0.2, 0.25) is 5.91 Å². The molecule has 5 rings (SSSR count). The number of hydrogen-bond acceptors (Lipinski definition) is 6. The first-order valence-electron chi connectivity index (χ1n) is 15.0. The van der Waals surface area contributed by atoms with Gasteiger partial charge >= 0.3 is 5.78 Å². The molecule has 3 heterocycles. The molecule has 1 aliphatic carbocycles. The molecular formula is C34H44N3O5S+. The Labute approximate surface area is 259 Å². The Morgan fingerprint density at radius 1 is 1.21 bits per heavy atom. The van der Waals surface area contributed by atoms with Gasteiger partial charge in [-0.1, -0.05) is 45.7 Å². The third-order valence-electron chi connectivity index (χ3n) is 9.42. The normalized spacial score (nSPS) is 24.8. The highest BCUT2D eigenvalue weighted by Gasteiger charge is 2.56. The molecule has 2 amide bonds. The lowest BCUT2D eigenvalue weighted by Crippen LogP contribution is -2.58. The van der Waals surface area contributed by atoms with E-state index in [1.54, 1.807) is 13.4 Å². The highest BCUT2D eigenvalue weighted by atomic mass is 32.2. The van der Waals surface area contributed by atoms with Gasteiger partial charge in [-0.25, -0.2) is 4.98 Å². The van der Waals surface area contributed by atoms with Crippen LogP contribution in [-0.4, -0.2) is 64.8 Å². The summed E-state index contributed by atoms with van der Waals surface area (Å²) < 4.78 is 15.5. The molecular weight excluding hydrogens is 562 g/mol. The van der Waals surface area contributed by atoms with Crippen LogP contribution in [0, 0.1) is 31.1 Å². The fourth-order valence-electron chi connectivity index (χ4n) is 7.34. The molecule has 0 unspecified atom stereocenters. The molecule has 0 spiro atoms. The number of nitrogens with zero attached hydrogens (tertiary/aromatic N) is 2. The largest absolute Gasteiger partial charge is 0.496 e. The molecule has 8 nitrogen and oxygen atoms in total. The van der Waals surface area contributed by atoms with E-state index in [2.05, 4.69) is 32.4 Å². The molecule has 4 atom stereocenters. The molecule has 1 aromatic heterocycles. The van der Waals surface area contributed by atoms with Gasteiger partial charge in [0, 0.05) is 49.2 Å². The number of benzene rings is 1. The number of methoxy groups -OCH3 is 1. The predicted octanol–water partition coefficient (Wildman–Crippen LogP) is 5.99. The van der Waals surface area contributed by atoms with Gasteiger partial charge in [0.05, 0.1) is 30.7 Å². The van der Waals surface area contributed by atoms with E-state index in [4.69, 9.17) is 14.5 Å². The molecule has 0 radical (unpaired) electrons. The Balaban J connectivity index is 1.73. The number of aromatic nitrogens is 1. The fraction of sp³-hybridized carbons (Fsp3) is 0.529. The summed E-state index contributed by atoms with van der Waals surface area (Å²) in [5.41, 5.74) is 4.91. The van der Waals surface area contributed by atoms with Gasteiger partial charge < -0.3 is 14.4 Å². The average Bonchev–Trinajstić information content (AvgIpc) is 2.93. The number of ketones is 1. The summed E-state index contributed by atoms with van der Waals surface area (Å²) in [5, 5.41) is 0. The first-order valence-corrected chi connectivity index (χ1v) is 16.2. The van der Waals surface area contributed by atoms with Crippen LogP contribution in [0.3, 0.4) is 0 Å². The molecule has 0 bridgehead atoms. The van der Waals surface area contributed by atoms with E-state index in [1.807, 2.05) is 50.1 Å². The number of carbonyl (C=O) groups excluding carboxylic acids is 3. The molecule has 2 aliphatic heterocycles. The van der Waals surface area contributed by atoms with Crippen molar-refractivity contribution in [1.29, 1.82) is 0 Å². The highest BCUT2D eigenvalue weighted by Crippen LogP contribution is 2.54. The molecule has 2 N–H and O–H groups in total. The number of rotatable bonds is 6. The molecule has 0 saturated carbocycles. The maximum atomic E-state index is 14.3. The number of amides is 2. The predicted molar refractivity (Wildman–Crippen MR) is 171 cm³/mol. The Hall–Kier alpha value is -3.33. The van der Waals surface area contributed by atoms with Crippen LogP contribution in [0.15, 0.2) is 35.6 Å². The zero-order valence-corrected chi connectivity index (χ0v) is 27.5. The van der Waals surface area contributed by atoms with E-state index in [0.29, 0.717) is 42.0 Å². The van der Waals surface area contributed by atoms with Gasteiger partial charge in [-0.05, 0) is 54.5 Å². The van der Waals surface area contributed by atoms with Crippen molar-refractivity contribution in [1.82, 2.24) is 14.6 Å². The highest BCUT2D eigenvalue weighted by molar-refractivity contribution is 7.97. The third-order valence-corrected chi connectivity index (χ3v) is 9.81. The van der Waals surface area contributed by atoms with Crippen LogP contribution in [0.4, 0.5) is 0 Å². The summed E-state index contributed by atoms with van der Waals surface area (Å²) in [7, 11) is 3.52. The average molecular weight is 607 g/mol. The third kappa shape index (κ3) is 5.45. The van der Waals surface area contributed by atoms with Gasteiger partial charge in [0.25, 0.3) is 5.91 Å². The van der Waals surface area contributed by atoms with E-state index in [0.717, 1.165) is 28.0 Å². The number of ether oxygens (including phenoxy) is 2. The van der Waals surface area contributed by atoms with Crippen molar-refractivity contribution in [2.75, 3.05) is 20.4 Å². The molecule has 230 valence electrons. The SMILES string of the molecule is COc1ccc(-c2ccc(C)c(C(=O)NSC)n2)c(C)c1[C@H]1C2=C(CC(C)(C)CC2=[OH+])O[C@H]2C[C@@H](C(C)C)N(C)C(=O)[C@@H]21. The summed E-state index contributed by atoms with van der Waals surface area (Å²) in [5.74, 6) is 0.737. The summed E-state index contributed by atoms with van der Waals surface area (Å²) >= 11 is 1.23. The molecule has 1 fully saturated rings. The van der Waals surface area contributed by atoms with Gasteiger partial charge in [-0.3, -0.25) is 19.1 Å². The first kappa shape index (κ1) is 31.1. The molecule has 2 aromatic rings. The van der Waals surface area contributed by atoms with Crippen LogP contribution in [0.1, 0.15) is 80.1 Å². The van der Waals surface area contributed by atoms with E-state index >= 15 is 0 Å². The lowest BCUT2D eigenvalue weighted by atomic mass is 9.64. The van der Waals surface area contributed by atoms with Crippen molar-refractivity contribution in [3.63, 3.8) is 0 Å². The molecule has 1 aromatic carbocycles. The van der Waals surface area contributed by atoms with Crippen molar-refractivity contribution < 1.29 is 23.9 Å². The first-order chi connectivity index (χ1) is 20.3. The van der Waals surface area contributed by atoms with Gasteiger partial charge in [0.15, 0.2) is 0 Å². The van der Waals surface area contributed by atoms with Gasteiger partial charge in [-0.15, -0.1) is 0 Å². The number of allylic oxidation sites excluding steroid dienone is 2. The quantitative estimate of drug-likeness (QED) is 0.320. The van der Waals surface area contributed by atoms with Gasteiger partial charge in [-0.2, -0.15) is 0 Å². The molecule has 9 heteroatoms. The second-order valence-corrected chi connectivity index (χ2v) is 13.9. The summed E-state index contributed by atoms with van der Waals surface area (Å²) in [6.45, 7) is 12.4. The van der Waals surface area contributed by atoms with Crippen LogP contribution >= 0.6 is 11.9 Å². The number of hydrogen-bond donors (Lipinski definition) is 1.